The Bertz CT molecular complexity index is 1280. The molecule has 0 spiro atoms. The molecule has 0 N–H and O–H groups in total. The average molecular weight is 344 g/mol. The molecule has 5 rings (SSSR count). The summed E-state index contributed by atoms with van der Waals surface area (Å²) < 4.78 is 0. The van der Waals surface area contributed by atoms with Crippen LogP contribution in [0.4, 0.5) is 0 Å². The van der Waals surface area contributed by atoms with Crippen LogP contribution in [0, 0.1) is 6.92 Å². The van der Waals surface area contributed by atoms with Crippen LogP contribution in [0.25, 0.3) is 43.8 Å². The standard InChI is InChI=1S/C27H20/c1-19-7-6-11-24(17-19)27-25-12-5-4-9-21(25)15-16-26(27)23-14-13-20-8-2-3-10-22(20)18-23/h2-18H,1H3. The van der Waals surface area contributed by atoms with Crippen LogP contribution < -0.4 is 0 Å². The highest BCUT2D eigenvalue weighted by Gasteiger charge is 2.12. The van der Waals surface area contributed by atoms with Crippen LogP contribution in [0.15, 0.2) is 103 Å². The van der Waals surface area contributed by atoms with E-state index in [1.807, 2.05) is 0 Å². The fourth-order valence-electron chi connectivity index (χ4n) is 3.98. The molecule has 0 amide bonds. The van der Waals surface area contributed by atoms with Crippen LogP contribution >= 0.6 is 0 Å². The molecule has 0 nitrogen and oxygen atoms in total. The lowest BCUT2D eigenvalue weighted by Crippen LogP contribution is -1.89. The van der Waals surface area contributed by atoms with Gasteiger partial charge >= 0.3 is 0 Å². The molecule has 0 saturated heterocycles. The maximum Gasteiger partial charge on any atom is -0.00267 e. The summed E-state index contributed by atoms with van der Waals surface area (Å²) in [6, 6.07) is 37.3. The number of hydrogen-bond acceptors (Lipinski definition) is 0. The van der Waals surface area contributed by atoms with E-state index in [1.54, 1.807) is 0 Å². The lowest BCUT2D eigenvalue weighted by Gasteiger charge is -2.15. The van der Waals surface area contributed by atoms with E-state index in [2.05, 4.69) is 110 Å². The Morgan fingerprint density at radius 3 is 2.07 bits per heavy atom. The van der Waals surface area contributed by atoms with Gasteiger partial charge in [-0.05, 0) is 56.8 Å². The molecule has 0 aliphatic carbocycles. The van der Waals surface area contributed by atoms with Gasteiger partial charge in [0.1, 0.15) is 0 Å². The van der Waals surface area contributed by atoms with Crippen molar-refractivity contribution >= 4 is 21.5 Å². The SMILES string of the molecule is Cc1cccc(-c2c(-c3ccc4ccccc4c3)ccc3ccccc23)c1. The van der Waals surface area contributed by atoms with E-state index in [0.29, 0.717) is 0 Å². The summed E-state index contributed by atoms with van der Waals surface area (Å²) in [7, 11) is 0. The molecule has 0 heteroatoms. The van der Waals surface area contributed by atoms with E-state index < -0.39 is 0 Å². The molecule has 5 aromatic carbocycles. The van der Waals surface area contributed by atoms with E-state index in [9.17, 15) is 0 Å². The van der Waals surface area contributed by atoms with E-state index >= 15 is 0 Å². The highest BCUT2D eigenvalue weighted by atomic mass is 14.2. The van der Waals surface area contributed by atoms with Crippen molar-refractivity contribution < 1.29 is 0 Å². The molecule has 0 aromatic heterocycles. The molecular formula is C27H20. The molecule has 0 aliphatic heterocycles. The zero-order valence-corrected chi connectivity index (χ0v) is 15.3. The average Bonchev–Trinajstić information content (AvgIpc) is 2.72. The molecule has 0 unspecified atom stereocenters. The lowest BCUT2D eigenvalue weighted by molar-refractivity contribution is 1.47. The van der Waals surface area contributed by atoms with Gasteiger partial charge in [0, 0.05) is 0 Å². The van der Waals surface area contributed by atoms with Crippen molar-refractivity contribution in [3.05, 3.63) is 109 Å². The Labute approximate surface area is 159 Å². The third-order valence-corrected chi connectivity index (χ3v) is 5.30. The van der Waals surface area contributed by atoms with Crippen molar-refractivity contribution in [3.8, 4) is 22.3 Å². The molecule has 27 heavy (non-hydrogen) atoms. The molecule has 5 aromatic rings. The van der Waals surface area contributed by atoms with E-state index in [4.69, 9.17) is 0 Å². The van der Waals surface area contributed by atoms with E-state index in [0.717, 1.165) is 0 Å². The smallest absolute Gasteiger partial charge is 0.00267 e. The Kier molecular flexibility index (Phi) is 3.76. The molecule has 0 saturated carbocycles. The molecule has 128 valence electrons. The first-order valence-corrected chi connectivity index (χ1v) is 9.37. The molecule has 0 fully saturated rings. The van der Waals surface area contributed by atoms with Crippen molar-refractivity contribution in [3.63, 3.8) is 0 Å². The Hall–Kier alpha value is -3.38. The summed E-state index contributed by atoms with van der Waals surface area (Å²) in [6.45, 7) is 2.16. The predicted octanol–water partition coefficient (Wildman–Crippen LogP) is 7.64. The van der Waals surface area contributed by atoms with Crippen molar-refractivity contribution in [1.82, 2.24) is 0 Å². The van der Waals surface area contributed by atoms with Crippen LogP contribution in [-0.2, 0) is 0 Å². The van der Waals surface area contributed by atoms with Gasteiger partial charge in [0.25, 0.3) is 0 Å². The van der Waals surface area contributed by atoms with Crippen LogP contribution in [0.2, 0.25) is 0 Å². The normalized spacial score (nSPS) is 11.1. The summed E-state index contributed by atoms with van der Waals surface area (Å²) in [5, 5.41) is 5.13. The molecular weight excluding hydrogens is 324 g/mol. The van der Waals surface area contributed by atoms with Crippen molar-refractivity contribution in [2.75, 3.05) is 0 Å². The topological polar surface area (TPSA) is 0 Å². The van der Waals surface area contributed by atoms with Gasteiger partial charge in [-0.1, -0.05) is 103 Å². The maximum atomic E-state index is 2.30. The summed E-state index contributed by atoms with van der Waals surface area (Å²) in [5.74, 6) is 0. The van der Waals surface area contributed by atoms with Gasteiger partial charge in [0.15, 0.2) is 0 Å². The number of benzene rings is 5. The molecule has 0 atom stereocenters. The first kappa shape index (κ1) is 15.8. The van der Waals surface area contributed by atoms with Crippen molar-refractivity contribution in [2.45, 2.75) is 6.92 Å². The molecule has 0 radical (unpaired) electrons. The Morgan fingerprint density at radius 1 is 0.481 bits per heavy atom. The van der Waals surface area contributed by atoms with Crippen LogP contribution in [-0.4, -0.2) is 0 Å². The van der Waals surface area contributed by atoms with Gasteiger partial charge in [-0.15, -0.1) is 0 Å². The largest absolute Gasteiger partial charge is 0.0616 e. The Balaban J connectivity index is 1.84. The number of rotatable bonds is 2. The quantitative estimate of drug-likeness (QED) is 0.309. The van der Waals surface area contributed by atoms with Crippen LogP contribution in [0.1, 0.15) is 5.56 Å². The first-order valence-electron chi connectivity index (χ1n) is 9.37. The van der Waals surface area contributed by atoms with E-state index in [1.165, 1.54) is 49.4 Å². The summed E-state index contributed by atoms with van der Waals surface area (Å²) >= 11 is 0. The maximum absolute atomic E-state index is 2.30. The predicted molar refractivity (Wildman–Crippen MR) is 117 cm³/mol. The minimum Gasteiger partial charge on any atom is -0.0616 e. The minimum atomic E-state index is 1.26. The number of hydrogen-bond donors (Lipinski definition) is 0. The van der Waals surface area contributed by atoms with Gasteiger partial charge in [-0.3, -0.25) is 0 Å². The summed E-state index contributed by atoms with van der Waals surface area (Å²) in [4.78, 5) is 0. The van der Waals surface area contributed by atoms with E-state index in [-0.39, 0.29) is 0 Å². The highest BCUT2D eigenvalue weighted by molar-refractivity contribution is 6.05. The highest BCUT2D eigenvalue weighted by Crippen LogP contribution is 2.39. The van der Waals surface area contributed by atoms with Crippen LogP contribution in [0.5, 0.6) is 0 Å². The lowest BCUT2D eigenvalue weighted by atomic mass is 9.88. The third kappa shape index (κ3) is 2.80. The van der Waals surface area contributed by atoms with Crippen LogP contribution in [0.3, 0.4) is 0 Å². The Morgan fingerprint density at radius 2 is 1.22 bits per heavy atom. The van der Waals surface area contributed by atoms with Crippen molar-refractivity contribution in [2.24, 2.45) is 0 Å². The number of aryl methyl sites for hydroxylation is 1. The summed E-state index contributed by atoms with van der Waals surface area (Å²) in [6.07, 6.45) is 0. The number of fused-ring (bicyclic) bond motifs is 2. The minimum absolute atomic E-state index is 1.26. The zero-order valence-electron chi connectivity index (χ0n) is 15.3. The third-order valence-electron chi connectivity index (χ3n) is 5.30. The molecule has 0 aliphatic rings. The van der Waals surface area contributed by atoms with Gasteiger partial charge in [-0.25, -0.2) is 0 Å². The summed E-state index contributed by atoms with van der Waals surface area (Å²) in [5.41, 5.74) is 6.41. The first-order chi connectivity index (χ1) is 13.3. The second-order valence-electron chi connectivity index (χ2n) is 7.14. The van der Waals surface area contributed by atoms with Crippen molar-refractivity contribution in [1.29, 1.82) is 0 Å². The van der Waals surface area contributed by atoms with Gasteiger partial charge in [0.2, 0.25) is 0 Å². The van der Waals surface area contributed by atoms with Gasteiger partial charge < -0.3 is 0 Å². The fraction of sp³-hybridized carbons (Fsp3) is 0.0370. The fourth-order valence-corrected chi connectivity index (χ4v) is 3.98. The zero-order chi connectivity index (χ0) is 18.2. The second-order valence-corrected chi connectivity index (χ2v) is 7.14. The van der Waals surface area contributed by atoms with Gasteiger partial charge in [-0.2, -0.15) is 0 Å². The molecule has 0 bridgehead atoms. The monoisotopic (exact) mass is 344 g/mol. The van der Waals surface area contributed by atoms with Gasteiger partial charge in [0.05, 0.1) is 0 Å². The second kappa shape index (κ2) is 6.41. The molecule has 0 heterocycles.